The van der Waals surface area contributed by atoms with E-state index in [2.05, 4.69) is 0 Å². The SMILES string of the molecule is N.O=C(O)C(F)(F)F.O=[N+]([O-])O. The molecule has 0 fully saturated rings. The Labute approximate surface area is 63.1 Å². The third-order valence-electron chi connectivity index (χ3n) is 0.243. The highest BCUT2D eigenvalue weighted by atomic mass is 19.4. The Kier molecular flexibility index (Phi) is 8.61. The van der Waals surface area contributed by atoms with Crippen molar-refractivity contribution in [3.63, 3.8) is 0 Å². The van der Waals surface area contributed by atoms with E-state index >= 15 is 0 Å². The summed E-state index contributed by atoms with van der Waals surface area (Å²) in [6.45, 7) is 0. The molecule has 0 aromatic rings. The van der Waals surface area contributed by atoms with Crippen LogP contribution in [-0.4, -0.2) is 27.5 Å². The molecule has 0 atom stereocenters. The maximum Gasteiger partial charge on any atom is 0.490 e. The minimum Gasteiger partial charge on any atom is -0.475 e. The van der Waals surface area contributed by atoms with Gasteiger partial charge in [-0.1, -0.05) is 0 Å². The highest BCUT2D eigenvalue weighted by Crippen LogP contribution is 2.13. The predicted molar refractivity (Wildman–Crippen MR) is 27.5 cm³/mol. The second-order valence-electron chi connectivity index (χ2n) is 1.04. The molecule has 0 aromatic heterocycles. The van der Waals surface area contributed by atoms with Crippen LogP contribution in [0.2, 0.25) is 0 Å². The third-order valence-corrected chi connectivity index (χ3v) is 0.243. The summed E-state index contributed by atoms with van der Waals surface area (Å²) in [5.74, 6) is -2.76. The van der Waals surface area contributed by atoms with Crippen molar-refractivity contribution in [3.8, 4) is 0 Å². The summed E-state index contributed by atoms with van der Waals surface area (Å²) in [7, 11) is 0. The predicted octanol–water partition coefficient (Wildman–Crippen LogP) is 0.448. The summed E-state index contributed by atoms with van der Waals surface area (Å²) < 4.78 is 31.7. The normalized spacial score (nSPS) is 8.58. The van der Waals surface area contributed by atoms with Crippen LogP contribution in [0.4, 0.5) is 13.2 Å². The van der Waals surface area contributed by atoms with Gasteiger partial charge >= 0.3 is 12.1 Å². The van der Waals surface area contributed by atoms with Crippen LogP contribution < -0.4 is 6.15 Å². The Morgan fingerprint density at radius 3 is 1.50 bits per heavy atom. The molecular formula is C2H5F3N2O5. The van der Waals surface area contributed by atoms with Crippen molar-refractivity contribution >= 4 is 5.97 Å². The Morgan fingerprint density at radius 2 is 1.50 bits per heavy atom. The van der Waals surface area contributed by atoms with Gasteiger partial charge in [-0.2, -0.15) is 13.2 Å². The van der Waals surface area contributed by atoms with Crippen LogP contribution in [0.3, 0.4) is 0 Å². The molecule has 0 saturated carbocycles. The maximum atomic E-state index is 10.6. The fourth-order valence-electron chi connectivity index (χ4n) is 0. The first kappa shape index (κ1) is 16.8. The van der Waals surface area contributed by atoms with Gasteiger partial charge in [0.1, 0.15) is 0 Å². The Hall–Kier alpha value is -1.58. The molecule has 0 amide bonds. The van der Waals surface area contributed by atoms with Gasteiger partial charge in [0.25, 0.3) is 5.09 Å². The number of aliphatic carboxylic acids is 1. The smallest absolute Gasteiger partial charge is 0.475 e. The van der Waals surface area contributed by atoms with E-state index in [1.807, 2.05) is 0 Å². The number of nitrogens with zero attached hydrogens (tertiary/aromatic N) is 1. The van der Waals surface area contributed by atoms with Crippen LogP contribution in [0.25, 0.3) is 0 Å². The average Bonchev–Trinajstić information content (AvgIpc) is 1.59. The second-order valence-corrected chi connectivity index (χ2v) is 1.04. The van der Waals surface area contributed by atoms with Crippen molar-refractivity contribution in [2.45, 2.75) is 6.18 Å². The van der Waals surface area contributed by atoms with Crippen LogP contribution in [-0.2, 0) is 4.79 Å². The van der Waals surface area contributed by atoms with E-state index in [1.54, 1.807) is 0 Å². The van der Waals surface area contributed by atoms with Crippen molar-refractivity contribution in [1.82, 2.24) is 6.15 Å². The van der Waals surface area contributed by atoms with Crippen molar-refractivity contribution in [3.05, 3.63) is 10.1 Å². The van der Waals surface area contributed by atoms with Crippen molar-refractivity contribution in [1.29, 1.82) is 0 Å². The molecule has 0 spiro atoms. The van der Waals surface area contributed by atoms with E-state index in [0.29, 0.717) is 0 Å². The van der Waals surface area contributed by atoms with E-state index in [0.717, 1.165) is 0 Å². The molecule has 74 valence electrons. The second kappa shape index (κ2) is 6.15. The highest BCUT2D eigenvalue weighted by molar-refractivity contribution is 5.73. The highest BCUT2D eigenvalue weighted by Gasteiger charge is 2.38. The van der Waals surface area contributed by atoms with E-state index in [9.17, 15) is 13.2 Å². The van der Waals surface area contributed by atoms with Gasteiger partial charge in [0.15, 0.2) is 0 Å². The molecule has 0 saturated heterocycles. The number of carbonyl (C=O) groups is 1. The first-order chi connectivity index (χ1) is 4.68. The van der Waals surface area contributed by atoms with Gasteiger partial charge in [0, 0.05) is 0 Å². The summed E-state index contributed by atoms with van der Waals surface area (Å²) in [5, 5.41) is 20.8. The van der Waals surface area contributed by atoms with Crippen molar-refractivity contribution < 1.29 is 33.4 Å². The molecule has 0 heterocycles. The quantitative estimate of drug-likeness (QED) is 0.378. The molecule has 0 aliphatic rings. The van der Waals surface area contributed by atoms with Crippen LogP contribution in [0.15, 0.2) is 0 Å². The van der Waals surface area contributed by atoms with Gasteiger partial charge in [0.2, 0.25) is 0 Å². The zero-order chi connectivity index (χ0) is 9.65. The monoisotopic (exact) mass is 194 g/mol. The summed E-state index contributed by atoms with van der Waals surface area (Å²) in [6, 6.07) is 0. The first-order valence-electron chi connectivity index (χ1n) is 1.81. The van der Waals surface area contributed by atoms with Crippen molar-refractivity contribution in [2.75, 3.05) is 0 Å². The Balaban J connectivity index is -0.000000142. The number of alkyl halides is 3. The van der Waals surface area contributed by atoms with Gasteiger partial charge in [-0.3, -0.25) is 0 Å². The van der Waals surface area contributed by atoms with Gasteiger partial charge in [-0.05, 0) is 0 Å². The molecule has 5 N–H and O–H groups in total. The van der Waals surface area contributed by atoms with Crippen LogP contribution >= 0.6 is 0 Å². The van der Waals surface area contributed by atoms with Gasteiger partial charge < -0.3 is 16.5 Å². The van der Waals surface area contributed by atoms with Gasteiger partial charge in [-0.25, -0.2) is 4.79 Å². The molecule has 0 aromatic carbocycles. The van der Waals surface area contributed by atoms with E-state index in [-0.39, 0.29) is 6.15 Å². The van der Waals surface area contributed by atoms with Gasteiger partial charge in [-0.15, -0.1) is 10.1 Å². The molecule has 0 rings (SSSR count). The summed E-state index contributed by atoms with van der Waals surface area (Å²) in [5.41, 5.74) is 0. The lowest BCUT2D eigenvalue weighted by molar-refractivity contribution is -0.742. The first-order valence-corrected chi connectivity index (χ1v) is 1.81. The zero-order valence-electron chi connectivity index (χ0n) is 5.41. The fraction of sp³-hybridized carbons (Fsp3) is 0.500. The Morgan fingerprint density at radius 1 is 1.42 bits per heavy atom. The lowest BCUT2D eigenvalue weighted by Crippen LogP contribution is -2.21. The molecule has 0 aliphatic heterocycles. The van der Waals surface area contributed by atoms with Crippen molar-refractivity contribution in [2.24, 2.45) is 0 Å². The fourth-order valence-corrected chi connectivity index (χ4v) is 0. The summed E-state index contributed by atoms with van der Waals surface area (Å²) in [4.78, 5) is 17.3. The lowest BCUT2D eigenvalue weighted by atomic mass is 10.7. The lowest BCUT2D eigenvalue weighted by Gasteiger charge is -1.93. The molecule has 0 bridgehead atoms. The Bertz CT molecular complexity index is 151. The number of rotatable bonds is 0. The number of hydrogen-bond acceptors (Lipinski definition) is 4. The minimum atomic E-state index is -5.08. The van der Waals surface area contributed by atoms with Gasteiger partial charge in [0.05, 0.1) is 0 Å². The largest absolute Gasteiger partial charge is 0.490 e. The van der Waals surface area contributed by atoms with Crippen LogP contribution in [0.1, 0.15) is 0 Å². The summed E-state index contributed by atoms with van der Waals surface area (Å²) >= 11 is 0. The number of halogens is 3. The average molecular weight is 194 g/mol. The molecule has 0 radical (unpaired) electrons. The molecule has 12 heavy (non-hydrogen) atoms. The third kappa shape index (κ3) is 23.7. The van der Waals surface area contributed by atoms with Crippen LogP contribution in [0, 0.1) is 10.1 Å². The molecule has 0 unspecified atom stereocenters. The number of carboxylic acids is 1. The van der Waals surface area contributed by atoms with E-state index < -0.39 is 17.2 Å². The van der Waals surface area contributed by atoms with E-state index in [1.165, 1.54) is 0 Å². The standard InChI is InChI=1S/C2HF3O2.HNO3.H3N/c3-2(4,5)1(6)7;2-1(3)4;/h(H,6,7);(H,2,3,4);1H3. The molecule has 0 aliphatic carbocycles. The number of carboxylic acid groups (broad SMARTS) is 1. The number of hydrogen-bond donors (Lipinski definition) is 3. The zero-order valence-corrected chi connectivity index (χ0v) is 5.41. The topological polar surface area (TPSA) is 136 Å². The molecule has 7 nitrogen and oxygen atoms in total. The molecular weight excluding hydrogens is 189 g/mol. The molecule has 10 heteroatoms. The summed E-state index contributed by atoms with van der Waals surface area (Å²) in [6.07, 6.45) is -5.08. The van der Waals surface area contributed by atoms with E-state index in [4.69, 9.17) is 25.2 Å². The minimum absolute atomic E-state index is 0. The van der Waals surface area contributed by atoms with Crippen LogP contribution in [0.5, 0.6) is 0 Å². The maximum absolute atomic E-state index is 10.6.